The van der Waals surface area contributed by atoms with Crippen LogP contribution in [0.5, 0.6) is 0 Å². The molecule has 0 fully saturated rings. The van der Waals surface area contributed by atoms with E-state index in [2.05, 4.69) is 148 Å². The van der Waals surface area contributed by atoms with Gasteiger partial charge in [0, 0.05) is 6.08 Å². The van der Waals surface area contributed by atoms with Gasteiger partial charge in [-0.3, -0.25) is 4.89 Å². The highest BCUT2D eigenvalue weighted by atomic mass is 17.2. The van der Waals surface area contributed by atoms with Crippen molar-refractivity contribution in [3.63, 3.8) is 0 Å². The van der Waals surface area contributed by atoms with Gasteiger partial charge < -0.3 is 10.2 Å². The van der Waals surface area contributed by atoms with Crippen molar-refractivity contribution >= 4 is 5.97 Å². The summed E-state index contributed by atoms with van der Waals surface area (Å²) in [6, 6.07) is 0. The van der Waals surface area contributed by atoms with Crippen LogP contribution in [0.1, 0.15) is 0 Å². The molecule has 0 rings (SSSR count). The zero-order valence-corrected chi connectivity index (χ0v) is 20.5. The zero-order valence-electron chi connectivity index (χ0n) is 20.5. The SMILES string of the molecule is C=C.C=C.C=C.C=C.C=C.C=C.C=C.C=C.C=C.C=C.C=CC(=O)OOC.OCCO. The largest absolute Gasteiger partial charge is 0.394 e. The maximum Gasteiger partial charge on any atom is 0.365 e. The maximum absolute atomic E-state index is 9.95. The van der Waals surface area contributed by atoms with Crippen molar-refractivity contribution < 1.29 is 24.8 Å². The van der Waals surface area contributed by atoms with E-state index in [1.807, 2.05) is 0 Å². The second kappa shape index (κ2) is 854. The minimum atomic E-state index is -0.581. The second-order valence-corrected chi connectivity index (χ2v) is 1.22. The van der Waals surface area contributed by atoms with Gasteiger partial charge in [-0.1, -0.05) is 6.58 Å². The van der Waals surface area contributed by atoms with Gasteiger partial charge in [-0.05, 0) is 0 Å². The summed E-state index contributed by atoms with van der Waals surface area (Å²) in [5.41, 5.74) is 0. The first kappa shape index (κ1) is 80.4. The summed E-state index contributed by atoms with van der Waals surface area (Å²) in [4.78, 5) is 17.9. The fraction of sp³-hybridized carbons (Fsp3) is 0.115. The zero-order chi connectivity index (χ0) is 29.1. The number of hydrogen-bond acceptors (Lipinski definition) is 5. The number of carbonyl (C=O) groups is 1. The van der Waals surface area contributed by atoms with Gasteiger partial charge in [0.25, 0.3) is 0 Å². The lowest BCUT2D eigenvalue weighted by atomic mass is 10.7. The summed E-state index contributed by atoms with van der Waals surface area (Å²) in [6.07, 6.45) is 1.02. The minimum Gasteiger partial charge on any atom is -0.394 e. The van der Waals surface area contributed by atoms with Gasteiger partial charge in [-0.15, -0.1) is 132 Å². The van der Waals surface area contributed by atoms with Crippen molar-refractivity contribution in [1.82, 2.24) is 0 Å². The topological polar surface area (TPSA) is 76.0 Å². The van der Waals surface area contributed by atoms with E-state index in [1.54, 1.807) is 0 Å². The van der Waals surface area contributed by atoms with Crippen molar-refractivity contribution in [2.75, 3.05) is 20.3 Å². The summed E-state index contributed by atoms with van der Waals surface area (Å²) >= 11 is 0. The fourth-order valence-electron chi connectivity index (χ4n) is 0.116. The summed E-state index contributed by atoms with van der Waals surface area (Å²) in [6.45, 7) is 62.9. The minimum absolute atomic E-state index is 0.125. The molecule has 2 N–H and O–H groups in total. The molecule has 186 valence electrons. The van der Waals surface area contributed by atoms with E-state index >= 15 is 0 Å². The molecule has 5 nitrogen and oxygen atoms in total. The fourth-order valence-corrected chi connectivity index (χ4v) is 0.116. The van der Waals surface area contributed by atoms with E-state index in [0.29, 0.717) is 0 Å². The molecule has 0 aromatic rings. The van der Waals surface area contributed by atoms with Crippen molar-refractivity contribution in [3.05, 3.63) is 144 Å². The van der Waals surface area contributed by atoms with Crippen LogP contribution in [0.25, 0.3) is 0 Å². The van der Waals surface area contributed by atoms with Crippen LogP contribution in [0.2, 0.25) is 0 Å². The van der Waals surface area contributed by atoms with Gasteiger partial charge in [0.1, 0.15) is 0 Å². The third kappa shape index (κ3) is 2560. The molecule has 0 aliphatic heterocycles. The van der Waals surface area contributed by atoms with E-state index in [-0.39, 0.29) is 13.2 Å². The van der Waals surface area contributed by atoms with Crippen LogP contribution in [0.4, 0.5) is 0 Å². The van der Waals surface area contributed by atoms with Gasteiger partial charge in [-0.2, -0.15) is 4.89 Å². The predicted molar refractivity (Wildman–Crippen MR) is 150 cm³/mol. The molecule has 0 spiro atoms. The van der Waals surface area contributed by atoms with Crippen LogP contribution in [-0.4, -0.2) is 36.5 Å². The molecule has 0 aliphatic carbocycles. The quantitative estimate of drug-likeness (QED) is 0.207. The highest BCUT2D eigenvalue weighted by molar-refractivity contribution is 5.80. The van der Waals surface area contributed by atoms with E-state index in [9.17, 15) is 4.79 Å². The lowest BCUT2D eigenvalue weighted by Crippen LogP contribution is -1.96. The Bertz CT molecular complexity index is 187. The molecule has 0 saturated heterocycles. The molecule has 0 atom stereocenters. The molecular weight excluding hydrogens is 392 g/mol. The Kier molecular flexibility index (Phi) is 2210. The van der Waals surface area contributed by atoms with E-state index in [4.69, 9.17) is 10.2 Å². The second-order valence-electron chi connectivity index (χ2n) is 1.22. The standard InChI is InChI=1S/C4H6O3.C2H6O2.10C2H4/c1-3-4(5)7-6-2;3-1-2-4;10*1-2/h3H,1H2,2H3;3-4H,1-2H2;10*1-2H2. The average molecular weight is 445 g/mol. The van der Waals surface area contributed by atoms with Crippen LogP contribution in [0.3, 0.4) is 0 Å². The number of hydrogen-bond donors (Lipinski definition) is 2. The lowest BCUT2D eigenvalue weighted by molar-refractivity contribution is -0.249. The first-order chi connectivity index (χ1) is 15.2. The third-order valence-corrected chi connectivity index (χ3v) is 0.432. The Labute approximate surface area is 195 Å². The normalized spacial score (nSPS) is 3.97. The first-order valence-electron chi connectivity index (χ1n) is 7.81. The molecular formula is C26H52O5. The van der Waals surface area contributed by atoms with Gasteiger partial charge in [0.05, 0.1) is 20.3 Å². The Morgan fingerprint density at radius 3 is 0.774 bits per heavy atom. The summed E-state index contributed by atoms with van der Waals surface area (Å²) < 4.78 is 0. The van der Waals surface area contributed by atoms with Crippen molar-refractivity contribution in [3.8, 4) is 0 Å². The first-order valence-corrected chi connectivity index (χ1v) is 7.81. The molecule has 0 radical (unpaired) electrons. The smallest absolute Gasteiger partial charge is 0.365 e. The molecule has 31 heavy (non-hydrogen) atoms. The van der Waals surface area contributed by atoms with Crippen LogP contribution in [0.15, 0.2) is 144 Å². The molecule has 0 aromatic heterocycles. The molecule has 5 heteroatoms. The van der Waals surface area contributed by atoms with E-state index in [0.717, 1.165) is 6.08 Å². The molecule has 0 amide bonds. The molecule has 0 bridgehead atoms. The number of aliphatic hydroxyl groups is 2. The van der Waals surface area contributed by atoms with Crippen molar-refractivity contribution in [2.24, 2.45) is 0 Å². The van der Waals surface area contributed by atoms with Gasteiger partial charge in [-0.25, -0.2) is 4.79 Å². The Balaban J connectivity index is -0.0000000134. The van der Waals surface area contributed by atoms with E-state index < -0.39 is 5.97 Å². The highest BCUT2D eigenvalue weighted by Crippen LogP contribution is 1.74. The molecule has 0 heterocycles. The number of carbonyl (C=O) groups excluding carboxylic acids is 1. The third-order valence-electron chi connectivity index (χ3n) is 0.432. The molecule has 0 aliphatic rings. The Hall–Kier alpha value is -3.51. The van der Waals surface area contributed by atoms with E-state index in [1.165, 1.54) is 7.11 Å². The summed E-state index contributed by atoms with van der Waals surface area (Å²) in [5.74, 6) is -0.581. The van der Waals surface area contributed by atoms with Gasteiger partial charge in [0.15, 0.2) is 0 Å². The van der Waals surface area contributed by atoms with Crippen molar-refractivity contribution in [1.29, 1.82) is 0 Å². The summed E-state index contributed by atoms with van der Waals surface area (Å²) in [5, 5.41) is 15.2. The molecule has 0 saturated carbocycles. The van der Waals surface area contributed by atoms with Crippen LogP contribution >= 0.6 is 0 Å². The number of aliphatic hydroxyl groups excluding tert-OH is 2. The maximum atomic E-state index is 9.95. The Morgan fingerprint density at radius 2 is 0.742 bits per heavy atom. The molecule has 0 unspecified atom stereocenters. The Morgan fingerprint density at radius 1 is 0.581 bits per heavy atom. The predicted octanol–water partition coefficient (Wildman–Crippen LogP) is 7.27. The summed E-state index contributed by atoms with van der Waals surface area (Å²) in [7, 11) is 1.25. The number of rotatable bonds is 3. The van der Waals surface area contributed by atoms with Crippen molar-refractivity contribution in [2.45, 2.75) is 0 Å². The molecule has 0 aromatic carbocycles. The van der Waals surface area contributed by atoms with Gasteiger partial charge >= 0.3 is 5.97 Å². The monoisotopic (exact) mass is 444 g/mol. The highest BCUT2D eigenvalue weighted by Gasteiger charge is 1.88. The van der Waals surface area contributed by atoms with Crippen LogP contribution in [0, 0.1) is 0 Å². The van der Waals surface area contributed by atoms with Crippen LogP contribution < -0.4 is 0 Å². The van der Waals surface area contributed by atoms with Crippen LogP contribution in [-0.2, 0) is 14.6 Å². The lowest BCUT2D eigenvalue weighted by Gasteiger charge is -1.88. The average Bonchev–Trinajstić information content (AvgIpc) is 2.95. The van der Waals surface area contributed by atoms with Gasteiger partial charge in [0.2, 0.25) is 0 Å².